The Balaban J connectivity index is 1.32. The standard InChI is InChI=1S/C24H22F3N5O4S/c25-24(26,27)15-12-18-21(19(13-15)32(35)36)37-23(28-22(18)34)30-10-8-29(9-11-30)14-20(33)31(17-6-7-17)16-4-2-1-3-5-16/h1-5,12-13,17H,6-11,14H2. The molecule has 1 aliphatic heterocycles. The fourth-order valence-electron chi connectivity index (χ4n) is 4.42. The molecule has 13 heteroatoms. The number of anilines is 2. The first kappa shape index (κ1) is 25.1. The third kappa shape index (κ3) is 5.27. The number of para-hydroxylation sites is 1. The lowest BCUT2D eigenvalue weighted by molar-refractivity contribution is -0.383. The zero-order valence-corrected chi connectivity index (χ0v) is 20.3. The number of amides is 1. The van der Waals surface area contributed by atoms with Crippen LogP contribution in [-0.4, -0.2) is 59.5 Å². The number of nitro benzene ring substituents is 1. The molecule has 2 aromatic carbocycles. The molecule has 0 unspecified atom stereocenters. The molecule has 2 aliphatic rings. The summed E-state index contributed by atoms with van der Waals surface area (Å²) >= 11 is 0.823. The fourth-order valence-corrected chi connectivity index (χ4v) is 5.54. The summed E-state index contributed by atoms with van der Waals surface area (Å²) in [7, 11) is 0. The Labute approximate surface area is 212 Å². The van der Waals surface area contributed by atoms with Crippen LogP contribution in [-0.2, 0) is 11.0 Å². The van der Waals surface area contributed by atoms with E-state index >= 15 is 0 Å². The predicted molar refractivity (Wildman–Crippen MR) is 133 cm³/mol. The van der Waals surface area contributed by atoms with Crippen molar-refractivity contribution in [3.63, 3.8) is 0 Å². The van der Waals surface area contributed by atoms with E-state index in [1.54, 1.807) is 4.90 Å². The molecule has 1 aromatic heterocycles. The SMILES string of the molecule is O=C(CN1CCN(c2nc(=O)c3cc(C(F)(F)F)cc([N+](=O)[O-])c3s2)CC1)N(c1ccccc1)C1CC1. The van der Waals surface area contributed by atoms with Crippen LogP contribution in [0, 0.1) is 10.1 Å². The first-order valence-electron chi connectivity index (χ1n) is 11.7. The van der Waals surface area contributed by atoms with Gasteiger partial charge in [-0.25, -0.2) is 0 Å². The maximum Gasteiger partial charge on any atom is 0.416 e. The van der Waals surface area contributed by atoms with E-state index in [1.165, 1.54) is 0 Å². The highest BCUT2D eigenvalue weighted by molar-refractivity contribution is 7.22. The molecular formula is C24H22F3N5O4S. The summed E-state index contributed by atoms with van der Waals surface area (Å²) in [4.78, 5) is 45.9. The Bertz CT molecular complexity index is 1400. The van der Waals surface area contributed by atoms with E-state index in [4.69, 9.17) is 0 Å². The lowest BCUT2D eigenvalue weighted by atomic mass is 10.1. The van der Waals surface area contributed by atoms with Gasteiger partial charge >= 0.3 is 6.18 Å². The van der Waals surface area contributed by atoms with Gasteiger partial charge in [0.05, 0.1) is 22.4 Å². The van der Waals surface area contributed by atoms with E-state index in [2.05, 4.69) is 4.98 Å². The maximum atomic E-state index is 13.2. The van der Waals surface area contributed by atoms with Crippen LogP contribution >= 0.6 is 11.3 Å². The lowest BCUT2D eigenvalue weighted by Crippen LogP contribution is -2.50. The number of carbonyl (C=O) groups excluding carboxylic acids is 1. The van der Waals surface area contributed by atoms with Crippen LogP contribution in [0.2, 0.25) is 0 Å². The summed E-state index contributed by atoms with van der Waals surface area (Å²) in [5.41, 5.74) is -2.12. The van der Waals surface area contributed by atoms with Gasteiger partial charge in [0.2, 0.25) is 5.91 Å². The third-order valence-electron chi connectivity index (χ3n) is 6.43. The van der Waals surface area contributed by atoms with Crippen molar-refractivity contribution in [1.29, 1.82) is 0 Å². The Morgan fingerprint density at radius 3 is 2.41 bits per heavy atom. The Kier molecular flexibility index (Phi) is 6.58. The van der Waals surface area contributed by atoms with E-state index in [0.717, 1.165) is 29.9 Å². The molecule has 0 spiro atoms. The molecule has 0 bridgehead atoms. The zero-order chi connectivity index (χ0) is 26.3. The molecule has 2 heterocycles. The second-order valence-corrected chi connectivity index (χ2v) is 10.00. The molecule has 3 aromatic rings. The average molecular weight is 534 g/mol. The number of non-ortho nitro benzene ring substituents is 1. The molecule has 0 radical (unpaired) electrons. The second-order valence-electron chi connectivity index (χ2n) is 9.02. The number of hydrogen-bond donors (Lipinski definition) is 0. The summed E-state index contributed by atoms with van der Waals surface area (Å²) in [5, 5.41) is 11.3. The first-order chi connectivity index (χ1) is 17.6. The van der Waals surface area contributed by atoms with Crippen molar-refractivity contribution in [1.82, 2.24) is 9.88 Å². The highest BCUT2D eigenvalue weighted by atomic mass is 32.1. The van der Waals surface area contributed by atoms with E-state index in [9.17, 15) is 32.9 Å². The summed E-state index contributed by atoms with van der Waals surface area (Å²) in [5.74, 6) is 0.00623. The smallest absolute Gasteiger partial charge is 0.345 e. The third-order valence-corrected chi connectivity index (χ3v) is 7.60. The lowest BCUT2D eigenvalue weighted by Gasteiger charge is -2.35. The summed E-state index contributed by atoms with van der Waals surface area (Å²) in [6.45, 7) is 2.03. The van der Waals surface area contributed by atoms with Gasteiger partial charge < -0.3 is 9.80 Å². The molecule has 9 nitrogen and oxygen atoms in total. The Hall–Kier alpha value is -3.58. The highest BCUT2D eigenvalue weighted by Crippen LogP contribution is 2.38. The highest BCUT2D eigenvalue weighted by Gasteiger charge is 2.36. The zero-order valence-electron chi connectivity index (χ0n) is 19.5. The van der Waals surface area contributed by atoms with E-state index in [-0.39, 0.29) is 28.3 Å². The Morgan fingerprint density at radius 2 is 1.81 bits per heavy atom. The van der Waals surface area contributed by atoms with Crippen molar-refractivity contribution in [2.75, 3.05) is 42.5 Å². The summed E-state index contributed by atoms with van der Waals surface area (Å²) in [6, 6.07) is 10.8. The van der Waals surface area contributed by atoms with Crippen LogP contribution in [0.5, 0.6) is 0 Å². The Morgan fingerprint density at radius 1 is 1.14 bits per heavy atom. The van der Waals surface area contributed by atoms with Crippen molar-refractivity contribution in [2.45, 2.75) is 25.1 Å². The normalized spacial score (nSPS) is 16.7. The summed E-state index contributed by atoms with van der Waals surface area (Å²) < 4.78 is 39.5. The van der Waals surface area contributed by atoms with Crippen LogP contribution in [0.15, 0.2) is 47.3 Å². The molecule has 2 fully saturated rings. The van der Waals surface area contributed by atoms with Crippen molar-refractivity contribution in [3.05, 3.63) is 68.5 Å². The van der Waals surface area contributed by atoms with Crippen molar-refractivity contribution >= 4 is 43.8 Å². The molecule has 0 atom stereocenters. The number of benzene rings is 2. The van der Waals surface area contributed by atoms with Crippen LogP contribution in [0.1, 0.15) is 18.4 Å². The number of carbonyl (C=O) groups is 1. The second kappa shape index (κ2) is 9.71. The molecule has 1 saturated heterocycles. The van der Waals surface area contributed by atoms with Crippen molar-refractivity contribution in [3.8, 4) is 0 Å². The minimum absolute atomic E-state index is 0.00623. The molecule has 37 heavy (non-hydrogen) atoms. The molecule has 1 aliphatic carbocycles. The molecule has 5 rings (SSSR count). The van der Waals surface area contributed by atoms with E-state index in [0.29, 0.717) is 38.3 Å². The van der Waals surface area contributed by atoms with Gasteiger partial charge in [-0.2, -0.15) is 18.2 Å². The molecule has 194 valence electrons. The molecule has 1 amide bonds. The number of hydrogen-bond acceptors (Lipinski definition) is 8. The van der Waals surface area contributed by atoms with Gasteiger partial charge in [-0.1, -0.05) is 29.5 Å². The number of nitro groups is 1. The number of piperazine rings is 1. The summed E-state index contributed by atoms with van der Waals surface area (Å²) in [6.07, 6.45) is -2.90. The predicted octanol–water partition coefficient (Wildman–Crippen LogP) is 3.90. The number of alkyl halides is 3. The van der Waals surface area contributed by atoms with E-state index < -0.39 is 33.3 Å². The molecule has 0 N–H and O–H groups in total. The number of fused-ring (bicyclic) bond motifs is 1. The average Bonchev–Trinajstić information content (AvgIpc) is 3.69. The minimum atomic E-state index is -4.84. The number of aromatic nitrogens is 1. The van der Waals surface area contributed by atoms with Gasteiger partial charge in [0.25, 0.3) is 11.2 Å². The number of halogens is 3. The van der Waals surface area contributed by atoms with Gasteiger partial charge in [0.1, 0.15) is 4.70 Å². The molecular weight excluding hydrogens is 511 g/mol. The number of rotatable bonds is 6. The largest absolute Gasteiger partial charge is 0.416 e. The van der Waals surface area contributed by atoms with E-state index in [1.807, 2.05) is 40.1 Å². The van der Waals surface area contributed by atoms with Crippen LogP contribution in [0.3, 0.4) is 0 Å². The number of nitrogens with zero attached hydrogens (tertiary/aromatic N) is 5. The van der Waals surface area contributed by atoms with Gasteiger partial charge in [0, 0.05) is 44.0 Å². The van der Waals surface area contributed by atoms with Gasteiger partial charge in [-0.15, -0.1) is 0 Å². The van der Waals surface area contributed by atoms with Crippen molar-refractivity contribution in [2.24, 2.45) is 0 Å². The molecule has 1 saturated carbocycles. The van der Waals surface area contributed by atoms with Gasteiger partial charge in [-0.3, -0.25) is 24.6 Å². The van der Waals surface area contributed by atoms with Gasteiger partial charge in [0.15, 0.2) is 5.13 Å². The van der Waals surface area contributed by atoms with Crippen LogP contribution in [0.4, 0.5) is 29.7 Å². The van der Waals surface area contributed by atoms with Crippen LogP contribution < -0.4 is 15.4 Å². The van der Waals surface area contributed by atoms with Gasteiger partial charge in [-0.05, 0) is 31.0 Å². The van der Waals surface area contributed by atoms with Crippen LogP contribution in [0.25, 0.3) is 10.1 Å². The van der Waals surface area contributed by atoms with Crippen molar-refractivity contribution < 1.29 is 22.9 Å². The topological polar surface area (TPSA) is 99.9 Å². The minimum Gasteiger partial charge on any atom is -0.345 e. The monoisotopic (exact) mass is 533 g/mol. The maximum absolute atomic E-state index is 13.2. The first-order valence-corrected chi connectivity index (χ1v) is 12.5. The quantitative estimate of drug-likeness (QED) is 0.350. The fraction of sp³-hybridized carbons (Fsp3) is 0.375.